The smallest absolute Gasteiger partial charge is 0.315 e. The molecule has 0 bridgehead atoms. The van der Waals surface area contributed by atoms with Crippen LogP contribution in [0, 0.1) is 6.92 Å². The molecular formula is C7H9NO3. The van der Waals surface area contributed by atoms with Crippen LogP contribution >= 0.6 is 0 Å². The van der Waals surface area contributed by atoms with Crippen molar-refractivity contribution in [2.24, 2.45) is 0 Å². The summed E-state index contributed by atoms with van der Waals surface area (Å²) in [5.41, 5.74) is 0.702. The van der Waals surface area contributed by atoms with E-state index in [4.69, 9.17) is 9.52 Å². The van der Waals surface area contributed by atoms with Crippen molar-refractivity contribution < 1.29 is 14.3 Å². The molecule has 60 valence electrons. The van der Waals surface area contributed by atoms with Crippen LogP contribution in [0.4, 0.5) is 0 Å². The fraction of sp³-hybridized carbons (Fsp3) is 0.429. The molecule has 1 rings (SSSR count). The number of carboxylic acids is 1. The Morgan fingerprint density at radius 2 is 2.45 bits per heavy atom. The Labute approximate surface area is 63.9 Å². The van der Waals surface area contributed by atoms with Crippen LogP contribution in [0.5, 0.6) is 0 Å². The van der Waals surface area contributed by atoms with Gasteiger partial charge in [0.15, 0.2) is 0 Å². The number of nitrogens with zero attached hydrogens (tertiary/aromatic N) is 1. The molecule has 1 N–H and O–H groups in total. The van der Waals surface area contributed by atoms with Gasteiger partial charge in [0.1, 0.15) is 12.2 Å². The van der Waals surface area contributed by atoms with Crippen LogP contribution in [0.25, 0.3) is 0 Å². The lowest BCUT2D eigenvalue weighted by Gasteiger charge is -1.97. The molecule has 0 spiro atoms. The standard InChI is InChI=1S/C7H9NO3/c1-4-3-11-6(8-4)5(2)7(9)10/h3,5H,1-2H3,(H,9,10). The maximum atomic E-state index is 10.4. The first-order valence-electron chi connectivity index (χ1n) is 3.26. The van der Waals surface area contributed by atoms with Gasteiger partial charge in [-0.3, -0.25) is 4.79 Å². The van der Waals surface area contributed by atoms with E-state index in [1.165, 1.54) is 13.2 Å². The van der Waals surface area contributed by atoms with Crippen LogP contribution in [-0.2, 0) is 4.79 Å². The van der Waals surface area contributed by atoms with Gasteiger partial charge >= 0.3 is 5.97 Å². The van der Waals surface area contributed by atoms with Gasteiger partial charge in [-0.05, 0) is 13.8 Å². The van der Waals surface area contributed by atoms with Gasteiger partial charge in [-0.2, -0.15) is 0 Å². The van der Waals surface area contributed by atoms with Crippen LogP contribution < -0.4 is 0 Å². The van der Waals surface area contributed by atoms with E-state index < -0.39 is 11.9 Å². The fourth-order valence-electron chi connectivity index (χ4n) is 0.677. The minimum absolute atomic E-state index is 0.259. The summed E-state index contributed by atoms with van der Waals surface area (Å²) in [5, 5.41) is 8.54. The Morgan fingerprint density at radius 3 is 2.82 bits per heavy atom. The predicted octanol–water partition coefficient (Wildman–Crippen LogP) is 1.17. The van der Waals surface area contributed by atoms with Crippen molar-refractivity contribution >= 4 is 5.97 Å². The maximum Gasteiger partial charge on any atom is 0.315 e. The van der Waals surface area contributed by atoms with Crippen LogP contribution in [0.15, 0.2) is 10.7 Å². The fourth-order valence-corrected chi connectivity index (χ4v) is 0.677. The molecule has 4 heteroatoms. The third kappa shape index (κ3) is 1.58. The van der Waals surface area contributed by atoms with E-state index in [0.717, 1.165) is 0 Å². The minimum Gasteiger partial charge on any atom is -0.481 e. The molecule has 0 aromatic carbocycles. The SMILES string of the molecule is Cc1coc(C(C)C(=O)O)n1. The number of aliphatic carboxylic acids is 1. The lowest BCUT2D eigenvalue weighted by molar-refractivity contribution is -0.138. The van der Waals surface area contributed by atoms with Crippen molar-refractivity contribution in [3.05, 3.63) is 17.8 Å². The van der Waals surface area contributed by atoms with E-state index in [1.54, 1.807) is 6.92 Å². The first-order valence-corrected chi connectivity index (χ1v) is 3.26. The summed E-state index contributed by atoms with van der Waals surface area (Å²) in [7, 11) is 0. The van der Waals surface area contributed by atoms with Crippen LogP contribution in [0.3, 0.4) is 0 Å². The Balaban J connectivity index is 2.84. The zero-order chi connectivity index (χ0) is 8.43. The van der Waals surface area contributed by atoms with Gasteiger partial charge in [0, 0.05) is 0 Å². The lowest BCUT2D eigenvalue weighted by atomic mass is 10.2. The summed E-state index contributed by atoms with van der Waals surface area (Å²) in [6, 6.07) is 0. The van der Waals surface area contributed by atoms with Gasteiger partial charge in [0.25, 0.3) is 0 Å². The zero-order valence-electron chi connectivity index (χ0n) is 6.37. The van der Waals surface area contributed by atoms with Crippen molar-refractivity contribution in [3.8, 4) is 0 Å². The predicted molar refractivity (Wildman–Crippen MR) is 37.3 cm³/mol. The second-order valence-corrected chi connectivity index (χ2v) is 2.39. The Hall–Kier alpha value is -1.32. The van der Waals surface area contributed by atoms with Crippen LogP contribution in [0.1, 0.15) is 24.4 Å². The molecule has 1 heterocycles. The van der Waals surface area contributed by atoms with E-state index in [-0.39, 0.29) is 5.89 Å². The molecule has 11 heavy (non-hydrogen) atoms. The van der Waals surface area contributed by atoms with E-state index in [0.29, 0.717) is 5.69 Å². The first kappa shape index (κ1) is 7.78. The summed E-state index contributed by atoms with van der Waals surface area (Å²) in [6.07, 6.45) is 1.44. The van der Waals surface area contributed by atoms with Crippen molar-refractivity contribution in [1.29, 1.82) is 0 Å². The number of aromatic nitrogens is 1. The quantitative estimate of drug-likeness (QED) is 0.696. The van der Waals surface area contributed by atoms with Crippen molar-refractivity contribution in [2.75, 3.05) is 0 Å². The highest BCUT2D eigenvalue weighted by Crippen LogP contribution is 2.13. The number of oxazole rings is 1. The average molecular weight is 155 g/mol. The second kappa shape index (κ2) is 2.74. The largest absolute Gasteiger partial charge is 0.481 e. The number of hydrogen-bond donors (Lipinski definition) is 1. The topological polar surface area (TPSA) is 63.3 Å². The highest BCUT2D eigenvalue weighted by Gasteiger charge is 2.18. The molecule has 0 aliphatic heterocycles. The third-order valence-corrected chi connectivity index (χ3v) is 1.38. The van der Waals surface area contributed by atoms with E-state index in [9.17, 15) is 4.79 Å². The molecule has 4 nitrogen and oxygen atoms in total. The Morgan fingerprint density at radius 1 is 1.82 bits per heavy atom. The number of aryl methyl sites for hydroxylation is 1. The van der Waals surface area contributed by atoms with Gasteiger partial charge in [0.05, 0.1) is 5.69 Å². The van der Waals surface area contributed by atoms with Gasteiger partial charge in [-0.1, -0.05) is 0 Å². The number of carbonyl (C=O) groups is 1. The first-order chi connectivity index (χ1) is 5.11. The molecule has 1 aromatic rings. The van der Waals surface area contributed by atoms with Crippen molar-refractivity contribution in [3.63, 3.8) is 0 Å². The van der Waals surface area contributed by atoms with Gasteiger partial charge < -0.3 is 9.52 Å². The van der Waals surface area contributed by atoms with Gasteiger partial charge in [-0.15, -0.1) is 0 Å². The highest BCUT2D eigenvalue weighted by atomic mass is 16.4. The van der Waals surface area contributed by atoms with Gasteiger partial charge in [-0.25, -0.2) is 4.98 Å². The average Bonchev–Trinajstić information content (AvgIpc) is 2.34. The molecule has 0 saturated carbocycles. The number of carboxylic acid groups (broad SMARTS) is 1. The second-order valence-electron chi connectivity index (χ2n) is 2.39. The van der Waals surface area contributed by atoms with Crippen LogP contribution in [-0.4, -0.2) is 16.1 Å². The molecule has 0 amide bonds. The lowest BCUT2D eigenvalue weighted by Crippen LogP contribution is -2.07. The molecule has 0 radical (unpaired) electrons. The summed E-state index contributed by atoms with van der Waals surface area (Å²) in [4.78, 5) is 14.3. The molecule has 0 saturated heterocycles. The molecular weight excluding hydrogens is 146 g/mol. The monoisotopic (exact) mass is 155 g/mol. The normalized spacial score (nSPS) is 12.9. The summed E-state index contributed by atoms with van der Waals surface area (Å²) in [5.74, 6) is -1.33. The van der Waals surface area contributed by atoms with Crippen molar-refractivity contribution in [1.82, 2.24) is 4.98 Å². The van der Waals surface area contributed by atoms with E-state index in [1.807, 2.05) is 0 Å². The number of hydrogen-bond acceptors (Lipinski definition) is 3. The highest BCUT2D eigenvalue weighted by molar-refractivity contribution is 5.73. The van der Waals surface area contributed by atoms with E-state index in [2.05, 4.69) is 4.98 Å². The molecule has 1 unspecified atom stereocenters. The van der Waals surface area contributed by atoms with Crippen molar-refractivity contribution in [2.45, 2.75) is 19.8 Å². The molecule has 1 aromatic heterocycles. The maximum absolute atomic E-state index is 10.4. The zero-order valence-corrected chi connectivity index (χ0v) is 6.37. The Bertz CT molecular complexity index is 266. The van der Waals surface area contributed by atoms with Crippen LogP contribution in [0.2, 0.25) is 0 Å². The molecule has 0 fully saturated rings. The molecule has 0 aliphatic rings. The third-order valence-electron chi connectivity index (χ3n) is 1.38. The van der Waals surface area contributed by atoms with Gasteiger partial charge in [0.2, 0.25) is 5.89 Å². The van der Waals surface area contributed by atoms with E-state index >= 15 is 0 Å². The summed E-state index contributed by atoms with van der Waals surface area (Å²) in [6.45, 7) is 3.29. The summed E-state index contributed by atoms with van der Waals surface area (Å²) < 4.78 is 4.90. The summed E-state index contributed by atoms with van der Waals surface area (Å²) >= 11 is 0. The Kier molecular flexibility index (Phi) is 1.94. The molecule has 0 aliphatic carbocycles. The molecule has 1 atom stereocenters. The minimum atomic E-state index is -0.924. The number of rotatable bonds is 2.